The second-order valence-electron chi connectivity index (χ2n) is 10.0. The molecule has 0 fully saturated rings. The molecule has 0 spiro atoms. The lowest BCUT2D eigenvalue weighted by Crippen LogP contribution is -2.29. The highest BCUT2D eigenvalue weighted by Crippen LogP contribution is 2.55. The van der Waals surface area contributed by atoms with Gasteiger partial charge in [0.2, 0.25) is 0 Å². The Morgan fingerprint density at radius 3 is 1.97 bits per heavy atom. The fourth-order valence-corrected chi connectivity index (χ4v) is 6.05. The molecule has 1 aliphatic carbocycles. The van der Waals surface area contributed by atoms with Crippen LogP contribution < -0.4 is 4.74 Å². The van der Waals surface area contributed by atoms with E-state index in [1.165, 1.54) is 22.3 Å². The molecule has 0 aliphatic heterocycles. The maximum Gasteiger partial charge on any atom is 0.129 e. The highest BCUT2D eigenvalue weighted by Gasteiger charge is 2.47. The molecule has 4 aromatic carbocycles. The van der Waals surface area contributed by atoms with Crippen LogP contribution in [0.5, 0.6) is 11.5 Å². The highest BCUT2D eigenvalue weighted by molar-refractivity contribution is 5.85. The van der Waals surface area contributed by atoms with Crippen molar-refractivity contribution in [3.05, 3.63) is 161 Å². The van der Waals surface area contributed by atoms with Crippen molar-refractivity contribution in [3.63, 3.8) is 0 Å². The normalized spacial score (nSPS) is 13.1. The van der Waals surface area contributed by atoms with Crippen molar-refractivity contribution in [1.82, 2.24) is 14.8 Å². The molecule has 0 amide bonds. The molecular formula is C35H27N3O. The zero-order valence-electron chi connectivity index (χ0n) is 21.9. The Morgan fingerprint density at radius 2 is 1.31 bits per heavy atom. The zero-order chi connectivity index (χ0) is 26.4. The van der Waals surface area contributed by atoms with E-state index in [0.717, 1.165) is 39.8 Å². The van der Waals surface area contributed by atoms with Crippen LogP contribution in [0, 0.1) is 13.8 Å². The van der Waals surface area contributed by atoms with Gasteiger partial charge in [-0.2, -0.15) is 5.10 Å². The summed E-state index contributed by atoms with van der Waals surface area (Å²) in [6.07, 6.45) is 1.88. The summed E-state index contributed by atoms with van der Waals surface area (Å²) in [6.45, 7) is 4.07. The Kier molecular flexibility index (Phi) is 5.41. The van der Waals surface area contributed by atoms with Crippen LogP contribution in [0.2, 0.25) is 0 Å². The Balaban J connectivity index is 1.37. The molecule has 188 valence electrons. The first kappa shape index (κ1) is 23.2. The van der Waals surface area contributed by atoms with Gasteiger partial charge in [-0.25, -0.2) is 4.68 Å². The molecule has 0 bridgehead atoms. The van der Waals surface area contributed by atoms with Crippen LogP contribution in [0.1, 0.15) is 33.8 Å². The lowest BCUT2D eigenvalue weighted by atomic mass is 9.70. The van der Waals surface area contributed by atoms with Crippen molar-refractivity contribution >= 4 is 0 Å². The lowest BCUT2D eigenvalue weighted by Gasteiger charge is -2.32. The van der Waals surface area contributed by atoms with E-state index in [1.807, 2.05) is 54.2 Å². The molecule has 0 N–H and O–H groups in total. The molecule has 0 atom stereocenters. The SMILES string of the molecule is Cc1cc(C)n(-c2cccc(Oc3cccc(C4(c5ccccn5)c5ccccc5-c5ccccc54)c3)c2)n1. The zero-order valence-corrected chi connectivity index (χ0v) is 21.9. The Morgan fingerprint density at radius 1 is 0.641 bits per heavy atom. The summed E-state index contributed by atoms with van der Waals surface area (Å²) in [5.41, 5.74) is 9.53. The number of rotatable bonds is 5. The molecular weight excluding hydrogens is 478 g/mol. The quantitative estimate of drug-likeness (QED) is 0.238. The average molecular weight is 506 g/mol. The number of aromatic nitrogens is 3. The second-order valence-corrected chi connectivity index (χ2v) is 10.0. The van der Waals surface area contributed by atoms with Crippen LogP contribution in [0.15, 0.2) is 128 Å². The number of benzene rings is 4. The Bertz CT molecular complexity index is 1770. The van der Waals surface area contributed by atoms with Gasteiger partial charge in [-0.3, -0.25) is 4.98 Å². The number of hydrogen-bond acceptors (Lipinski definition) is 3. The van der Waals surface area contributed by atoms with Crippen LogP contribution in [0.25, 0.3) is 16.8 Å². The van der Waals surface area contributed by atoms with Gasteiger partial charge in [-0.1, -0.05) is 72.8 Å². The molecule has 4 heteroatoms. The van der Waals surface area contributed by atoms with Gasteiger partial charge in [-0.05, 0) is 84.1 Å². The van der Waals surface area contributed by atoms with E-state index < -0.39 is 5.41 Å². The van der Waals surface area contributed by atoms with E-state index in [1.54, 1.807) is 0 Å². The number of ether oxygens (including phenoxy) is 1. The van der Waals surface area contributed by atoms with Gasteiger partial charge >= 0.3 is 0 Å². The molecule has 4 nitrogen and oxygen atoms in total. The van der Waals surface area contributed by atoms with E-state index >= 15 is 0 Å². The smallest absolute Gasteiger partial charge is 0.129 e. The lowest BCUT2D eigenvalue weighted by molar-refractivity contribution is 0.480. The minimum absolute atomic E-state index is 0.556. The summed E-state index contributed by atoms with van der Waals surface area (Å²) in [7, 11) is 0. The first-order valence-corrected chi connectivity index (χ1v) is 13.2. The van der Waals surface area contributed by atoms with Crippen LogP contribution in [-0.4, -0.2) is 14.8 Å². The minimum Gasteiger partial charge on any atom is -0.457 e. The summed E-state index contributed by atoms with van der Waals surface area (Å²) in [6, 6.07) is 42.1. The van der Waals surface area contributed by atoms with Crippen molar-refractivity contribution in [3.8, 4) is 28.3 Å². The van der Waals surface area contributed by atoms with Crippen LogP contribution >= 0.6 is 0 Å². The Hall–Kier alpha value is -4.96. The molecule has 2 aromatic heterocycles. The standard InChI is InChI=1S/C35H27N3O/c1-24-21-25(2)38(37-24)27-12-10-14-29(23-27)39-28-13-9-11-26(22-28)35(34-19-7-8-20-36-34)32-17-5-3-15-30(32)31-16-4-6-18-33(31)35/h3-23H,1-2H3. The number of pyridine rings is 1. The third-order valence-electron chi connectivity index (χ3n) is 7.58. The minimum atomic E-state index is -0.556. The van der Waals surface area contributed by atoms with Gasteiger partial charge < -0.3 is 4.74 Å². The largest absolute Gasteiger partial charge is 0.457 e. The van der Waals surface area contributed by atoms with Crippen molar-refractivity contribution in [1.29, 1.82) is 0 Å². The predicted octanol–water partition coefficient (Wildman–Crippen LogP) is 8.04. The summed E-state index contributed by atoms with van der Waals surface area (Å²) >= 11 is 0. The van der Waals surface area contributed by atoms with E-state index in [4.69, 9.17) is 9.72 Å². The molecule has 0 unspecified atom stereocenters. The van der Waals surface area contributed by atoms with Crippen LogP contribution in [-0.2, 0) is 5.41 Å². The van der Waals surface area contributed by atoms with Gasteiger partial charge in [0.15, 0.2) is 0 Å². The van der Waals surface area contributed by atoms with E-state index in [0.29, 0.717) is 0 Å². The van der Waals surface area contributed by atoms with Crippen molar-refractivity contribution in [2.75, 3.05) is 0 Å². The summed E-state index contributed by atoms with van der Waals surface area (Å²) in [5, 5.41) is 4.63. The second kappa shape index (κ2) is 9.10. The molecule has 2 heterocycles. The summed E-state index contributed by atoms with van der Waals surface area (Å²) in [5.74, 6) is 1.53. The number of aryl methyl sites for hydroxylation is 2. The monoisotopic (exact) mass is 505 g/mol. The van der Waals surface area contributed by atoms with E-state index in [-0.39, 0.29) is 0 Å². The van der Waals surface area contributed by atoms with Gasteiger partial charge in [0, 0.05) is 18.0 Å². The van der Waals surface area contributed by atoms with Gasteiger partial charge in [-0.15, -0.1) is 0 Å². The first-order valence-electron chi connectivity index (χ1n) is 13.2. The number of fused-ring (bicyclic) bond motifs is 3. The average Bonchev–Trinajstić information content (AvgIpc) is 3.48. The third kappa shape index (κ3) is 3.68. The predicted molar refractivity (Wildman–Crippen MR) is 155 cm³/mol. The summed E-state index contributed by atoms with van der Waals surface area (Å²) < 4.78 is 8.43. The number of hydrogen-bond donors (Lipinski definition) is 0. The fraction of sp³-hybridized carbons (Fsp3) is 0.0857. The van der Waals surface area contributed by atoms with Crippen molar-refractivity contribution < 1.29 is 4.74 Å². The first-order chi connectivity index (χ1) is 19.1. The van der Waals surface area contributed by atoms with E-state index in [9.17, 15) is 0 Å². The highest BCUT2D eigenvalue weighted by atomic mass is 16.5. The molecule has 1 aliphatic rings. The molecule has 0 saturated carbocycles. The third-order valence-corrected chi connectivity index (χ3v) is 7.58. The van der Waals surface area contributed by atoms with E-state index in [2.05, 4.69) is 97.0 Å². The molecule has 6 aromatic rings. The molecule has 7 rings (SSSR count). The maximum absolute atomic E-state index is 6.48. The van der Waals surface area contributed by atoms with Crippen LogP contribution in [0.3, 0.4) is 0 Å². The Labute approximate surface area is 228 Å². The maximum atomic E-state index is 6.48. The molecule has 0 radical (unpaired) electrons. The van der Waals surface area contributed by atoms with Crippen molar-refractivity contribution in [2.45, 2.75) is 19.3 Å². The fourth-order valence-electron chi connectivity index (χ4n) is 6.05. The van der Waals surface area contributed by atoms with Crippen LogP contribution in [0.4, 0.5) is 0 Å². The van der Waals surface area contributed by atoms with Crippen molar-refractivity contribution in [2.24, 2.45) is 0 Å². The van der Waals surface area contributed by atoms with Gasteiger partial charge in [0.05, 0.1) is 22.5 Å². The summed E-state index contributed by atoms with van der Waals surface area (Å²) in [4.78, 5) is 4.93. The molecule has 39 heavy (non-hydrogen) atoms. The number of nitrogens with zero attached hydrogens (tertiary/aromatic N) is 3. The molecule has 0 saturated heterocycles. The van der Waals surface area contributed by atoms with Gasteiger partial charge in [0.25, 0.3) is 0 Å². The topological polar surface area (TPSA) is 39.9 Å². The van der Waals surface area contributed by atoms with Gasteiger partial charge in [0.1, 0.15) is 11.5 Å².